The summed E-state index contributed by atoms with van der Waals surface area (Å²) in [6.45, 7) is 1.73. The van der Waals surface area contributed by atoms with Gasteiger partial charge in [-0.1, -0.05) is 243 Å². The monoisotopic (exact) mass is 1240 g/mol. The fourth-order valence-electron chi connectivity index (χ4n) is 11.8. The number of hydrogen-bond donors (Lipinski definition) is 12. The predicted octanol–water partition coefficient (Wildman–Crippen LogP) is 8.83. The van der Waals surface area contributed by atoms with Gasteiger partial charge in [0.15, 0.2) is 18.9 Å². The van der Waals surface area contributed by atoms with Crippen LogP contribution < -0.4 is 5.32 Å². The number of aliphatic hydroxyl groups excluding tert-OH is 11. The van der Waals surface area contributed by atoms with E-state index < -0.39 is 124 Å². The molecule has 0 saturated carbocycles. The van der Waals surface area contributed by atoms with Crippen LogP contribution in [-0.2, 0) is 33.2 Å². The number of carbonyl (C=O) groups is 1. The minimum Gasteiger partial charge on any atom is -0.394 e. The van der Waals surface area contributed by atoms with E-state index in [-0.39, 0.29) is 18.9 Å². The van der Waals surface area contributed by atoms with Gasteiger partial charge < -0.3 is 89.9 Å². The molecule has 17 unspecified atom stereocenters. The molecule has 3 heterocycles. The summed E-state index contributed by atoms with van der Waals surface area (Å²) < 4.78 is 34.3. The molecule has 3 rings (SSSR count). The van der Waals surface area contributed by atoms with Gasteiger partial charge in [-0.25, -0.2) is 0 Å². The fraction of sp³-hybridized carbons (Fsp3) is 0.897. The molecule has 1 amide bonds. The third-order valence-electron chi connectivity index (χ3n) is 17.4. The maximum atomic E-state index is 13.4. The van der Waals surface area contributed by atoms with Crippen molar-refractivity contribution in [1.82, 2.24) is 5.32 Å². The zero-order valence-corrected chi connectivity index (χ0v) is 53.8. The second-order valence-corrected chi connectivity index (χ2v) is 25.0. The van der Waals surface area contributed by atoms with Crippen LogP contribution in [0.4, 0.5) is 0 Å². The Labute approximate surface area is 523 Å². The van der Waals surface area contributed by atoms with Gasteiger partial charge in [0.25, 0.3) is 0 Å². The van der Waals surface area contributed by atoms with Gasteiger partial charge in [-0.3, -0.25) is 4.79 Å². The van der Waals surface area contributed by atoms with Crippen molar-refractivity contribution in [2.75, 3.05) is 26.4 Å². The first-order valence-electron chi connectivity index (χ1n) is 34.7. The predicted molar refractivity (Wildman–Crippen MR) is 337 cm³/mol. The first-order chi connectivity index (χ1) is 42.3. The Balaban J connectivity index is 1.46. The summed E-state index contributed by atoms with van der Waals surface area (Å²) in [5.74, 6) is -0.285. The van der Waals surface area contributed by atoms with E-state index in [2.05, 4.69) is 43.5 Å². The molecule has 510 valence electrons. The van der Waals surface area contributed by atoms with Gasteiger partial charge >= 0.3 is 0 Å². The molecule has 3 fully saturated rings. The topological polar surface area (TPSA) is 307 Å². The summed E-state index contributed by atoms with van der Waals surface area (Å²) in [7, 11) is 0. The highest BCUT2D eigenvalue weighted by Crippen LogP contribution is 2.33. The third kappa shape index (κ3) is 32.9. The van der Waals surface area contributed by atoms with E-state index in [9.17, 15) is 61.0 Å². The van der Waals surface area contributed by atoms with Crippen LogP contribution in [0.2, 0.25) is 0 Å². The molecule has 3 aliphatic heterocycles. The zero-order valence-electron chi connectivity index (χ0n) is 53.8. The first kappa shape index (κ1) is 79.2. The van der Waals surface area contributed by atoms with Gasteiger partial charge in [0.05, 0.1) is 38.6 Å². The number of unbranched alkanes of at least 4 members (excludes halogenated alkanes) is 33. The third-order valence-corrected chi connectivity index (χ3v) is 17.4. The van der Waals surface area contributed by atoms with E-state index in [1.54, 1.807) is 6.08 Å². The van der Waals surface area contributed by atoms with Crippen molar-refractivity contribution in [1.29, 1.82) is 0 Å². The molecule has 19 nitrogen and oxygen atoms in total. The summed E-state index contributed by atoms with van der Waals surface area (Å²) in [6, 6.07) is -0.994. The van der Waals surface area contributed by atoms with Crippen molar-refractivity contribution in [3.63, 3.8) is 0 Å². The highest BCUT2D eigenvalue weighted by molar-refractivity contribution is 5.76. The first-order valence-corrected chi connectivity index (χ1v) is 34.7. The molecule has 19 heteroatoms. The quantitative estimate of drug-likeness (QED) is 0.0200. The largest absolute Gasteiger partial charge is 0.394 e. The van der Waals surface area contributed by atoms with Crippen molar-refractivity contribution in [3.8, 4) is 0 Å². The number of hydrogen-bond acceptors (Lipinski definition) is 18. The Morgan fingerprint density at radius 2 is 0.736 bits per heavy atom. The molecule has 0 bridgehead atoms. The lowest BCUT2D eigenvalue weighted by Gasteiger charge is -2.48. The van der Waals surface area contributed by atoms with E-state index in [0.717, 1.165) is 44.9 Å². The van der Waals surface area contributed by atoms with Gasteiger partial charge in [-0.15, -0.1) is 0 Å². The molecule has 3 saturated heterocycles. The van der Waals surface area contributed by atoms with Gasteiger partial charge in [0.2, 0.25) is 5.91 Å². The number of nitrogens with one attached hydrogen (secondary N) is 1. The van der Waals surface area contributed by atoms with E-state index in [4.69, 9.17) is 28.4 Å². The number of ether oxygens (including phenoxy) is 6. The molecular formula is C68H125NO18. The Morgan fingerprint density at radius 3 is 1.15 bits per heavy atom. The summed E-state index contributed by atoms with van der Waals surface area (Å²) in [6.07, 6.45) is 31.2. The van der Waals surface area contributed by atoms with Crippen LogP contribution in [0.15, 0.2) is 36.5 Å². The zero-order chi connectivity index (χ0) is 63.3. The summed E-state index contributed by atoms with van der Waals surface area (Å²) >= 11 is 0. The standard InChI is InChI=1S/C68H125NO18/c1-3-5-7-9-11-13-15-17-19-21-23-25-26-28-30-32-34-36-38-40-42-44-46-56(74)69-51(52(73)45-43-41-39-37-35-33-31-29-27-24-22-20-18-16-14-12-10-8-6-4-2)50-82-66-62(80)59(77)64(54(48-71)84-66)87-68-63(81)60(78)65(55(49-72)85-68)86-67-61(79)58(76)57(75)53(47-70)83-67/h27,29,35,37,43,45,51-55,57-68,70-73,75-81H,3-26,28,30-34,36,38-42,44,46-50H2,1-2H3,(H,69,74)/b29-27+,37-35+,45-43+. The van der Waals surface area contributed by atoms with Crippen molar-refractivity contribution >= 4 is 5.91 Å². The smallest absolute Gasteiger partial charge is 0.220 e. The Kier molecular flexibility index (Phi) is 46.0. The molecule has 87 heavy (non-hydrogen) atoms. The molecule has 0 radical (unpaired) electrons. The maximum Gasteiger partial charge on any atom is 0.220 e. The van der Waals surface area contributed by atoms with E-state index >= 15 is 0 Å². The molecule has 0 spiro atoms. The number of carbonyl (C=O) groups excluding carboxylic acids is 1. The van der Waals surface area contributed by atoms with Crippen LogP contribution in [0.3, 0.4) is 0 Å². The van der Waals surface area contributed by atoms with Crippen molar-refractivity contribution in [3.05, 3.63) is 36.5 Å². The SMILES string of the molecule is CCCCCCCCCCCC/C=C/CC/C=C/CC/C=C/C(O)C(COC1OC(CO)C(OC2OC(CO)C(OC3OC(CO)C(O)C(O)C3O)C(O)C2O)C(O)C1O)NC(=O)CCCCCCCCCCCCCCCCCCCCCCCC. The minimum atomic E-state index is -1.98. The van der Waals surface area contributed by atoms with Gasteiger partial charge in [-0.05, 0) is 44.9 Å². The Hall–Kier alpha value is -1.99. The van der Waals surface area contributed by atoms with E-state index in [0.29, 0.717) is 12.8 Å². The molecule has 17 atom stereocenters. The Bertz CT molecular complexity index is 1720. The van der Waals surface area contributed by atoms with Crippen LogP contribution in [0.25, 0.3) is 0 Å². The summed E-state index contributed by atoms with van der Waals surface area (Å²) in [5.41, 5.74) is 0. The summed E-state index contributed by atoms with van der Waals surface area (Å²) in [5, 5.41) is 120. The average molecular weight is 1240 g/mol. The number of aliphatic hydroxyl groups is 11. The summed E-state index contributed by atoms with van der Waals surface area (Å²) in [4.78, 5) is 13.4. The van der Waals surface area contributed by atoms with Crippen molar-refractivity contribution < 1.29 is 89.4 Å². The molecular weight excluding hydrogens is 1120 g/mol. The van der Waals surface area contributed by atoms with Crippen LogP contribution in [0.5, 0.6) is 0 Å². The number of rotatable bonds is 53. The van der Waals surface area contributed by atoms with Crippen LogP contribution >= 0.6 is 0 Å². The van der Waals surface area contributed by atoms with E-state index in [1.165, 1.54) is 180 Å². The highest BCUT2D eigenvalue weighted by atomic mass is 16.8. The van der Waals surface area contributed by atoms with Gasteiger partial charge in [-0.2, -0.15) is 0 Å². The molecule has 0 aromatic heterocycles. The molecule has 3 aliphatic rings. The highest BCUT2D eigenvalue weighted by Gasteiger charge is 2.53. The van der Waals surface area contributed by atoms with Gasteiger partial charge in [0.1, 0.15) is 73.2 Å². The molecule has 12 N–H and O–H groups in total. The van der Waals surface area contributed by atoms with Crippen molar-refractivity contribution in [2.24, 2.45) is 0 Å². The Morgan fingerprint density at radius 1 is 0.402 bits per heavy atom. The maximum absolute atomic E-state index is 13.4. The normalized spacial score (nSPS) is 28.8. The second-order valence-electron chi connectivity index (χ2n) is 25.0. The lowest BCUT2D eigenvalue weighted by molar-refractivity contribution is -0.379. The van der Waals surface area contributed by atoms with Crippen molar-refractivity contribution in [2.45, 2.75) is 362 Å². The lowest BCUT2D eigenvalue weighted by atomic mass is 9.96. The molecule has 0 aromatic rings. The van der Waals surface area contributed by atoms with Crippen LogP contribution in [-0.4, -0.2) is 193 Å². The molecule has 0 aromatic carbocycles. The van der Waals surface area contributed by atoms with Crippen LogP contribution in [0, 0.1) is 0 Å². The average Bonchev–Trinajstić information content (AvgIpc) is 2.90. The van der Waals surface area contributed by atoms with Crippen LogP contribution in [0.1, 0.15) is 258 Å². The molecule has 0 aliphatic carbocycles. The second kappa shape index (κ2) is 50.6. The number of amides is 1. The van der Waals surface area contributed by atoms with Gasteiger partial charge in [0, 0.05) is 6.42 Å². The van der Waals surface area contributed by atoms with E-state index in [1.807, 2.05) is 6.08 Å². The number of allylic oxidation sites excluding steroid dienone is 5. The fourth-order valence-corrected chi connectivity index (χ4v) is 11.8. The lowest BCUT2D eigenvalue weighted by Crippen LogP contribution is -2.66. The minimum absolute atomic E-state index is 0.236.